The summed E-state index contributed by atoms with van der Waals surface area (Å²) in [7, 11) is 0. The van der Waals surface area contributed by atoms with E-state index in [4.69, 9.17) is 9.47 Å². The van der Waals surface area contributed by atoms with Crippen molar-refractivity contribution in [3.63, 3.8) is 0 Å². The van der Waals surface area contributed by atoms with Gasteiger partial charge in [-0.15, -0.1) is 5.73 Å². The minimum absolute atomic E-state index is 0.149. The number of Topliss-reactive ketones (excluding diaryl/α,β-unsaturated/α-hetero) is 1. The zero-order valence-electron chi connectivity index (χ0n) is 17.0. The van der Waals surface area contributed by atoms with E-state index in [-0.39, 0.29) is 18.0 Å². The molecular formula is C23H38O3. The fraction of sp³-hybridized carbons (Fsp3) is 0.826. The Labute approximate surface area is 160 Å². The van der Waals surface area contributed by atoms with E-state index >= 15 is 0 Å². The van der Waals surface area contributed by atoms with Crippen molar-refractivity contribution in [2.24, 2.45) is 5.92 Å². The van der Waals surface area contributed by atoms with Crippen LogP contribution in [0.3, 0.4) is 0 Å². The van der Waals surface area contributed by atoms with E-state index < -0.39 is 0 Å². The van der Waals surface area contributed by atoms with Crippen LogP contribution < -0.4 is 0 Å². The molecule has 2 aliphatic rings. The summed E-state index contributed by atoms with van der Waals surface area (Å²) in [5.74, 6) is 0.448. The molecule has 3 nitrogen and oxygen atoms in total. The highest BCUT2D eigenvalue weighted by Crippen LogP contribution is 2.27. The van der Waals surface area contributed by atoms with E-state index in [0.29, 0.717) is 6.61 Å². The first-order valence-electron chi connectivity index (χ1n) is 10.9. The maximum atomic E-state index is 13.0. The predicted octanol–water partition coefficient (Wildman–Crippen LogP) is 6.12. The van der Waals surface area contributed by atoms with Gasteiger partial charge >= 0.3 is 0 Å². The normalized spacial score (nSPS) is 21.2. The summed E-state index contributed by atoms with van der Waals surface area (Å²) in [4.78, 5) is 13.0. The van der Waals surface area contributed by atoms with E-state index in [0.717, 1.165) is 50.7 Å². The predicted molar refractivity (Wildman–Crippen MR) is 106 cm³/mol. The van der Waals surface area contributed by atoms with Crippen LogP contribution in [-0.2, 0) is 14.3 Å². The van der Waals surface area contributed by atoms with Gasteiger partial charge < -0.3 is 9.47 Å². The molecule has 0 aromatic rings. The molecule has 1 heterocycles. The van der Waals surface area contributed by atoms with Crippen LogP contribution in [0.1, 0.15) is 97.3 Å². The van der Waals surface area contributed by atoms with Crippen LogP contribution in [0.5, 0.6) is 0 Å². The van der Waals surface area contributed by atoms with Crippen LogP contribution in [0.2, 0.25) is 0 Å². The minimum Gasteiger partial charge on any atom is -0.353 e. The van der Waals surface area contributed by atoms with Crippen molar-refractivity contribution in [2.75, 3.05) is 13.2 Å². The first-order chi connectivity index (χ1) is 12.7. The van der Waals surface area contributed by atoms with Crippen LogP contribution >= 0.6 is 0 Å². The van der Waals surface area contributed by atoms with Gasteiger partial charge in [-0.2, -0.15) is 0 Å². The molecule has 2 rings (SSSR count). The van der Waals surface area contributed by atoms with Gasteiger partial charge in [-0.25, -0.2) is 0 Å². The molecule has 0 N–H and O–H groups in total. The molecule has 0 amide bonds. The molecule has 1 saturated carbocycles. The molecule has 26 heavy (non-hydrogen) atoms. The van der Waals surface area contributed by atoms with Gasteiger partial charge in [0.25, 0.3) is 0 Å². The second-order valence-electron chi connectivity index (χ2n) is 8.00. The number of carbonyl (C=O) groups excluding carboxylic acids is 1. The van der Waals surface area contributed by atoms with Crippen LogP contribution in [-0.4, -0.2) is 25.3 Å². The van der Waals surface area contributed by atoms with Gasteiger partial charge in [-0.05, 0) is 57.4 Å². The lowest BCUT2D eigenvalue weighted by molar-refractivity contribution is -0.158. The Bertz CT molecular complexity index is 476. The monoisotopic (exact) mass is 362 g/mol. The summed E-state index contributed by atoms with van der Waals surface area (Å²) in [6.45, 7) is 5.46. The highest BCUT2D eigenvalue weighted by molar-refractivity contribution is 5.97. The maximum absolute atomic E-state index is 13.0. The zero-order valence-corrected chi connectivity index (χ0v) is 17.0. The standard InChI is InChI=1S/C23H38O3/c1-3-4-5-7-12-19(2)17-21(18-26-22-15-10-11-16-25-22)23(24)20-13-8-6-9-14-20/h20,22H,3-16,18H2,1-2H3. The summed E-state index contributed by atoms with van der Waals surface area (Å²) in [6.07, 6.45) is 14.7. The Morgan fingerprint density at radius 1 is 1.04 bits per heavy atom. The third kappa shape index (κ3) is 7.78. The fourth-order valence-corrected chi connectivity index (χ4v) is 3.94. The lowest BCUT2D eigenvalue weighted by atomic mass is 9.84. The Balaban J connectivity index is 2.00. The third-order valence-corrected chi connectivity index (χ3v) is 5.59. The maximum Gasteiger partial charge on any atom is 0.171 e. The van der Waals surface area contributed by atoms with Crippen LogP contribution in [0.4, 0.5) is 0 Å². The fourth-order valence-electron chi connectivity index (χ4n) is 3.94. The number of rotatable bonds is 10. The molecule has 1 unspecified atom stereocenters. The van der Waals surface area contributed by atoms with Gasteiger partial charge in [0.2, 0.25) is 0 Å². The van der Waals surface area contributed by atoms with Crippen LogP contribution in [0, 0.1) is 5.92 Å². The molecule has 0 spiro atoms. The molecule has 0 aromatic carbocycles. The summed E-state index contributed by atoms with van der Waals surface area (Å²) in [5, 5.41) is 0. The van der Waals surface area contributed by atoms with E-state index in [1.54, 1.807) is 0 Å². The minimum atomic E-state index is -0.149. The van der Waals surface area contributed by atoms with Crippen molar-refractivity contribution in [1.82, 2.24) is 0 Å². The highest BCUT2D eigenvalue weighted by atomic mass is 16.7. The first-order valence-corrected chi connectivity index (χ1v) is 10.9. The molecule has 148 valence electrons. The van der Waals surface area contributed by atoms with Crippen LogP contribution in [0.25, 0.3) is 0 Å². The Hall–Kier alpha value is -0.890. The Morgan fingerprint density at radius 2 is 1.81 bits per heavy atom. The summed E-state index contributed by atoms with van der Waals surface area (Å²) < 4.78 is 11.6. The summed E-state index contributed by atoms with van der Waals surface area (Å²) in [5.41, 5.74) is 5.37. The molecule has 1 atom stereocenters. The average molecular weight is 363 g/mol. The van der Waals surface area contributed by atoms with Crippen molar-refractivity contribution < 1.29 is 14.3 Å². The van der Waals surface area contributed by atoms with Gasteiger partial charge in [-0.1, -0.05) is 45.4 Å². The topological polar surface area (TPSA) is 35.5 Å². The van der Waals surface area contributed by atoms with Crippen molar-refractivity contribution in [3.8, 4) is 0 Å². The average Bonchev–Trinajstić information content (AvgIpc) is 2.69. The van der Waals surface area contributed by atoms with Crippen molar-refractivity contribution in [1.29, 1.82) is 0 Å². The number of carbonyl (C=O) groups is 1. The molecule has 0 radical (unpaired) electrons. The lowest BCUT2D eigenvalue weighted by Gasteiger charge is -2.24. The molecule has 3 heteroatoms. The molecular weight excluding hydrogens is 324 g/mol. The first kappa shape index (κ1) is 21.4. The summed E-state index contributed by atoms with van der Waals surface area (Å²) in [6, 6.07) is 0. The van der Waals surface area contributed by atoms with Crippen molar-refractivity contribution in [3.05, 3.63) is 16.9 Å². The lowest BCUT2D eigenvalue weighted by Crippen LogP contribution is -2.26. The molecule has 0 aromatic heterocycles. The summed E-state index contributed by atoms with van der Waals surface area (Å²) >= 11 is 0. The van der Waals surface area contributed by atoms with E-state index in [9.17, 15) is 4.79 Å². The number of ketones is 1. The number of hydrogen-bond donors (Lipinski definition) is 0. The quantitative estimate of drug-likeness (QED) is 0.267. The molecule has 1 aliphatic heterocycles. The Morgan fingerprint density at radius 3 is 2.50 bits per heavy atom. The second kappa shape index (κ2) is 12.5. The van der Waals surface area contributed by atoms with Gasteiger partial charge in [-0.3, -0.25) is 4.79 Å². The molecule has 2 fully saturated rings. The smallest absolute Gasteiger partial charge is 0.171 e. The van der Waals surface area contributed by atoms with E-state index in [2.05, 4.69) is 19.6 Å². The number of unbranched alkanes of at least 4 members (excludes halogenated alkanes) is 3. The van der Waals surface area contributed by atoms with Gasteiger partial charge in [0.05, 0.1) is 12.2 Å². The van der Waals surface area contributed by atoms with Crippen molar-refractivity contribution >= 4 is 5.78 Å². The highest BCUT2D eigenvalue weighted by Gasteiger charge is 2.25. The largest absolute Gasteiger partial charge is 0.353 e. The van der Waals surface area contributed by atoms with Crippen LogP contribution in [0.15, 0.2) is 16.9 Å². The molecule has 1 aliphatic carbocycles. The number of ether oxygens (including phenoxy) is 2. The SMILES string of the molecule is CCCCCCC(C)=C=C(COC1CCCCO1)C(=O)C1CCCCC1. The number of hydrogen-bond acceptors (Lipinski definition) is 3. The second-order valence-corrected chi connectivity index (χ2v) is 8.00. The van der Waals surface area contributed by atoms with E-state index in [1.165, 1.54) is 50.5 Å². The van der Waals surface area contributed by atoms with Gasteiger partial charge in [0, 0.05) is 12.5 Å². The van der Waals surface area contributed by atoms with Gasteiger partial charge in [0.15, 0.2) is 12.1 Å². The third-order valence-electron chi connectivity index (χ3n) is 5.59. The molecule has 0 bridgehead atoms. The van der Waals surface area contributed by atoms with E-state index in [1.807, 2.05) is 0 Å². The molecule has 1 saturated heterocycles. The Kier molecular flexibility index (Phi) is 10.3. The van der Waals surface area contributed by atoms with Gasteiger partial charge in [0.1, 0.15) is 0 Å². The van der Waals surface area contributed by atoms with Crippen molar-refractivity contribution in [2.45, 2.75) is 104 Å². The zero-order chi connectivity index (χ0) is 18.6.